The Labute approximate surface area is 107 Å². The molecule has 0 aliphatic rings. The summed E-state index contributed by atoms with van der Waals surface area (Å²) < 4.78 is 0. The molecule has 1 N–H and O–H groups in total. The summed E-state index contributed by atoms with van der Waals surface area (Å²) in [6.45, 7) is 2.55. The maximum atomic E-state index is 12.1. The highest BCUT2D eigenvalue weighted by Gasteiger charge is 2.08. The van der Waals surface area contributed by atoms with Crippen LogP contribution in [0.1, 0.15) is 28.4 Å². The summed E-state index contributed by atoms with van der Waals surface area (Å²) in [7, 11) is 0. The van der Waals surface area contributed by atoms with Crippen molar-refractivity contribution in [1.29, 1.82) is 0 Å². The minimum absolute atomic E-state index is 0.0312. The van der Waals surface area contributed by atoms with Gasteiger partial charge in [-0.05, 0) is 29.7 Å². The highest BCUT2D eigenvalue weighted by Crippen LogP contribution is 2.09. The molecule has 2 rings (SSSR count). The van der Waals surface area contributed by atoms with Gasteiger partial charge in [0.2, 0.25) is 0 Å². The molecule has 18 heavy (non-hydrogen) atoms. The molecule has 0 radical (unpaired) electrons. The van der Waals surface area contributed by atoms with Gasteiger partial charge in [-0.15, -0.1) is 0 Å². The lowest BCUT2D eigenvalue weighted by Crippen LogP contribution is -2.23. The molecular formula is C15H16N2O. The second-order valence-electron chi connectivity index (χ2n) is 4.05. The zero-order chi connectivity index (χ0) is 12.8. The molecule has 0 atom stereocenters. The van der Waals surface area contributed by atoms with Crippen LogP contribution in [0.15, 0.2) is 48.8 Å². The fourth-order valence-corrected chi connectivity index (χ4v) is 1.83. The van der Waals surface area contributed by atoms with Gasteiger partial charge in [-0.2, -0.15) is 0 Å². The molecule has 0 fully saturated rings. The average Bonchev–Trinajstić information content (AvgIpc) is 2.45. The van der Waals surface area contributed by atoms with E-state index in [4.69, 9.17) is 0 Å². The number of pyridine rings is 1. The lowest BCUT2D eigenvalue weighted by atomic mass is 10.0. The SMILES string of the molecule is CCc1ccccc1C(=O)NCc1cccnc1. The fraction of sp³-hybridized carbons (Fsp3) is 0.200. The van der Waals surface area contributed by atoms with Gasteiger partial charge in [0, 0.05) is 24.5 Å². The van der Waals surface area contributed by atoms with E-state index in [-0.39, 0.29) is 5.91 Å². The second kappa shape index (κ2) is 5.96. The smallest absolute Gasteiger partial charge is 0.251 e. The Balaban J connectivity index is 2.04. The Hall–Kier alpha value is -2.16. The Bertz CT molecular complexity index is 523. The molecule has 92 valence electrons. The van der Waals surface area contributed by atoms with E-state index in [1.54, 1.807) is 12.4 Å². The first-order chi connectivity index (χ1) is 8.81. The fourth-order valence-electron chi connectivity index (χ4n) is 1.83. The summed E-state index contributed by atoms with van der Waals surface area (Å²) >= 11 is 0. The molecule has 1 aromatic heterocycles. The monoisotopic (exact) mass is 240 g/mol. The van der Waals surface area contributed by atoms with Crippen LogP contribution >= 0.6 is 0 Å². The van der Waals surface area contributed by atoms with Gasteiger partial charge in [-0.25, -0.2) is 0 Å². The Morgan fingerprint density at radius 2 is 2.06 bits per heavy atom. The van der Waals surface area contributed by atoms with Crippen LogP contribution in [0.25, 0.3) is 0 Å². The molecule has 1 aromatic carbocycles. The van der Waals surface area contributed by atoms with Gasteiger partial charge < -0.3 is 5.32 Å². The standard InChI is InChI=1S/C15H16N2O/c1-2-13-7-3-4-8-14(13)15(18)17-11-12-6-5-9-16-10-12/h3-10H,2,11H2,1H3,(H,17,18). The van der Waals surface area contributed by atoms with Crippen LogP contribution in [0.2, 0.25) is 0 Å². The molecule has 3 nitrogen and oxygen atoms in total. The van der Waals surface area contributed by atoms with Crippen molar-refractivity contribution in [2.75, 3.05) is 0 Å². The highest BCUT2D eigenvalue weighted by molar-refractivity contribution is 5.95. The summed E-state index contributed by atoms with van der Waals surface area (Å²) in [6, 6.07) is 11.5. The van der Waals surface area contributed by atoms with E-state index in [1.165, 1.54) is 0 Å². The molecule has 1 amide bonds. The first-order valence-electron chi connectivity index (χ1n) is 6.06. The number of hydrogen-bond acceptors (Lipinski definition) is 2. The Morgan fingerprint density at radius 1 is 1.22 bits per heavy atom. The van der Waals surface area contributed by atoms with Crippen molar-refractivity contribution in [3.63, 3.8) is 0 Å². The van der Waals surface area contributed by atoms with Crippen LogP contribution in [-0.4, -0.2) is 10.9 Å². The van der Waals surface area contributed by atoms with Crippen LogP contribution in [0.4, 0.5) is 0 Å². The van der Waals surface area contributed by atoms with Crippen LogP contribution in [0.5, 0.6) is 0 Å². The van der Waals surface area contributed by atoms with Crippen molar-refractivity contribution in [1.82, 2.24) is 10.3 Å². The predicted octanol–water partition coefficient (Wildman–Crippen LogP) is 2.57. The van der Waals surface area contributed by atoms with Crippen LogP contribution in [-0.2, 0) is 13.0 Å². The van der Waals surface area contributed by atoms with Crippen LogP contribution in [0, 0.1) is 0 Å². The number of carbonyl (C=O) groups excluding carboxylic acids is 1. The number of nitrogens with zero attached hydrogens (tertiary/aromatic N) is 1. The molecule has 0 saturated heterocycles. The summed E-state index contributed by atoms with van der Waals surface area (Å²) in [4.78, 5) is 16.1. The van der Waals surface area contributed by atoms with E-state index < -0.39 is 0 Å². The molecule has 0 aliphatic carbocycles. The van der Waals surface area contributed by atoms with Crippen molar-refractivity contribution in [2.45, 2.75) is 19.9 Å². The minimum atomic E-state index is -0.0312. The molecule has 1 heterocycles. The third kappa shape index (κ3) is 2.94. The highest BCUT2D eigenvalue weighted by atomic mass is 16.1. The third-order valence-electron chi connectivity index (χ3n) is 2.82. The molecule has 0 aliphatic heterocycles. The summed E-state index contributed by atoms with van der Waals surface area (Å²) in [5.41, 5.74) is 2.82. The topological polar surface area (TPSA) is 42.0 Å². The van der Waals surface area contributed by atoms with Crippen LogP contribution < -0.4 is 5.32 Å². The number of aromatic nitrogens is 1. The molecule has 3 heteroatoms. The van der Waals surface area contributed by atoms with E-state index in [0.717, 1.165) is 23.1 Å². The number of benzene rings is 1. The van der Waals surface area contributed by atoms with Crippen LogP contribution in [0.3, 0.4) is 0 Å². The number of carbonyl (C=O) groups is 1. The molecule has 0 unspecified atom stereocenters. The number of nitrogens with one attached hydrogen (secondary N) is 1. The molecule has 0 saturated carbocycles. The number of rotatable bonds is 4. The van der Waals surface area contributed by atoms with Crippen molar-refractivity contribution in [2.24, 2.45) is 0 Å². The van der Waals surface area contributed by atoms with E-state index >= 15 is 0 Å². The second-order valence-corrected chi connectivity index (χ2v) is 4.05. The predicted molar refractivity (Wildman–Crippen MR) is 71.2 cm³/mol. The van der Waals surface area contributed by atoms with Crippen molar-refractivity contribution in [3.8, 4) is 0 Å². The minimum Gasteiger partial charge on any atom is -0.348 e. The summed E-state index contributed by atoms with van der Waals surface area (Å²) in [5.74, 6) is -0.0312. The van der Waals surface area contributed by atoms with E-state index in [9.17, 15) is 4.79 Å². The molecule has 0 spiro atoms. The van der Waals surface area contributed by atoms with E-state index in [2.05, 4.69) is 10.3 Å². The lowest BCUT2D eigenvalue weighted by Gasteiger charge is -2.08. The maximum Gasteiger partial charge on any atom is 0.251 e. The largest absolute Gasteiger partial charge is 0.348 e. The average molecular weight is 240 g/mol. The van der Waals surface area contributed by atoms with Gasteiger partial charge in [0.15, 0.2) is 0 Å². The lowest BCUT2D eigenvalue weighted by molar-refractivity contribution is 0.0950. The zero-order valence-corrected chi connectivity index (χ0v) is 10.4. The number of amides is 1. The van der Waals surface area contributed by atoms with Gasteiger partial charge in [0.25, 0.3) is 5.91 Å². The number of hydrogen-bond donors (Lipinski definition) is 1. The van der Waals surface area contributed by atoms with Crippen molar-refractivity contribution >= 4 is 5.91 Å². The van der Waals surface area contributed by atoms with Gasteiger partial charge in [-0.3, -0.25) is 9.78 Å². The Kier molecular flexibility index (Phi) is 4.07. The molecule has 0 bridgehead atoms. The summed E-state index contributed by atoms with van der Waals surface area (Å²) in [5, 5.41) is 2.91. The van der Waals surface area contributed by atoms with Gasteiger partial charge in [-0.1, -0.05) is 31.2 Å². The van der Waals surface area contributed by atoms with E-state index in [1.807, 2.05) is 43.3 Å². The summed E-state index contributed by atoms with van der Waals surface area (Å²) in [6.07, 6.45) is 4.33. The first kappa shape index (κ1) is 12.3. The maximum absolute atomic E-state index is 12.1. The van der Waals surface area contributed by atoms with Gasteiger partial charge in [0.1, 0.15) is 0 Å². The molecule has 2 aromatic rings. The third-order valence-corrected chi connectivity index (χ3v) is 2.82. The van der Waals surface area contributed by atoms with Gasteiger partial charge in [0.05, 0.1) is 0 Å². The Morgan fingerprint density at radius 3 is 2.78 bits per heavy atom. The zero-order valence-electron chi connectivity index (χ0n) is 10.4. The van der Waals surface area contributed by atoms with Crippen molar-refractivity contribution < 1.29 is 4.79 Å². The number of aryl methyl sites for hydroxylation is 1. The van der Waals surface area contributed by atoms with Crippen molar-refractivity contribution in [3.05, 3.63) is 65.5 Å². The van der Waals surface area contributed by atoms with Gasteiger partial charge >= 0.3 is 0 Å². The van der Waals surface area contributed by atoms with E-state index in [0.29, 0.717) is 6.54 Å². The normalized spacial score (nSPS) is 10.1. The first-order valence-corrected chi connectivity index (χ1v) is 6.06. The quantitative estimate of drug-likeness (QED) is 0.892. The molecular weight excluding hydrogens is 224 g/mol.